The van der Waals surface area contributed by atoms with Crippen LogP contribution in [0, 0.1) is 25.5 Å². The zero-order valence-corrected chi connectivity index (χ0v) is 17.8. The number of hydrogen-bond acceptors (Lipinski definition) is 3. The molecule has 5 nitrogen and oxygen atoms in total. The molecule has 7 heteroatoms. The Kier molecular flexibility index (Phi) is 5.76. The van der Waals surface area contributed by atoms with Crippen molar-refractivity contribution in [2.45, 2.75) is 45.8 Å². The molecule has 3 aromatic rings. The summed E-state index contributed by atoms with van der Waals surface area (Å²) in [4.78, 5) is 19.0. The first-order chi connectivity index (χ1) is 14.8. The van der Waals surface area contributed by atoms with Gasteiger partial charge in [-0.15, -0.1) is 0 Å². The number of aromatic nitrogens is 2. The van der Waals surface area contributed by atoms with E-state index in [1.807, 2.05) is 42.8 Å². The number of amides is 1. The lowest BCUT2D eigenvalue weighted by atomic mass is 10.0. The van der Waals surface area contributed by atoms with Crippen molar-refractivity contribution in [1.82, 2.24) is 14.5 Å². The number of rotatable bonds is 5. The van der Waals surface area contributed by atoms with Crippen LogP contribution < -0.4 is 4.74 Å². The van der Waals surface area contributed by atoms with Crippen molar-refractivity contribution in [2.24, 2.45) is 0 Å². The van der Waals surface area contributed by atoms with Crippen molar-refractivity contribution in [3.05, 3.63) is 77.4 Å². The monoisotopic (exact) mass is 425 g/mol. The third-order valence-electron chi connectivity index (χ3n) is 5.74. The Morgan fingerprint density at radius 3 is 2.65 bits per heavy atom. The van der Waals surface area contributed by atoms with Gasteiger partial charge < -0.3 is 14.2 Å². The third-order valence-corrected chi connectivity index (χ3v) is 5.74. The van der Waals surface area contributed by atoms with Crippen molar-refractivity contribution < 1.29 is 18.3 Å². The maximum absolute atomic E-state index is 14.2. The number of ether oxygens (including phenoxy) is 1. The van der Waals surface area contributed by atoms with E-state index >= 15 is 0 Å². The second kappa shape index (κ2) is 8.49. The predicted octanol–water partition coefficient (Wildman–Crippen LogP) is 4.90. The highest BCUT2D eigenvalue weighted by molar-refractivity contribution is 5.82. The van der Waals surface area contributed by atoms with Crippen LogP contribution >= 0.6 is 0 Å². The Bertz CT molecular complexity index is 1110. The number of piperidine rings is 1. The SMILES string of the molecule is Cc1cn(-c2ccc(OC3CCCN(C(C)c4ccc(F)cc4F)C3=O)cc2C)cn1. The number of nitrogens with zero attached hydrogens (tertiary/aromatic N) is 3. The zero-order chi connectivity index (χ0) is 22.1. The van der Waals surface area contributed by atoms with Crippen LogP contribution in [0.2, 0.25) is 0 Å². The summed E-state index contributed by atoms with van der Waals surface area (Å²) in [7, 11) is 0. The van der Waals surface area contributed by atoms with Crippen LogP contribution in [-0.4, -0.2) is 33.0 Å². The number of likely N-dealkylation sites (tertiary alicyclic amines) is 1. The number of aryl methyl sites for hydroxylation is 2. The maximum Gasteiger partial charge on any atom is 0.264 e. The molecule has 2 atom stereocenters. The molecule has 4 rings (SSSR count). The molecule has 0 bridgehead atoms. The molecule has 1 aliphatic heterocycles. The minimum atomic E-state index is -0.649. The van der Waals surface area contributed by atoms with Gasteiger partial charge in [0.2, 0.25) is 0 Å². The molecule has 31 heavy (non-hydrogen) atoms. The van der Waals surface area contributed by atoms with E-state index < -0.39 is 23.8 Å². The first-order valence-electron chi connectivity index (χ1n) is 10.4. The number of hydrogen-bond donors (Lipinski definition) is 0. The standard InChI is InChI=1S/C24H25F2N3O2/c1-15-11-19(7-9-22(15)28-13-16(2)27-14-28)31-23-5-4-10-29(24(23)30)17(3)20-8-6-18(25)12-21(20)26/h6-9,11-14,17,23H,4-5,10H2,1-3H3. The van der Waals surface area contributed by atoms with Gasteiger partial charge in [-0.1, -0.05) is 6.07 Å². The first-order valence-corrected chi connectivity index (χ1v) is 10.4. The Morgan fingerprint density at radius 2 is 1.97 bits per heavy atom. The molecule has 1 aromatic heterocycles. The lowest BCUT2D eigenvalue weighted by Crippen LogP contribution is -2.47. The molecule has 0 N–H and O–H groups in total. The van der Waals surface area contributed by atoms with Crippen molar-refractivity contribution in [3.8, 4) is 11.4 Å². The predicted molar refractivity (Wildman–Crippen MR) is 113 cm³/mol. The largest absolute Gasteiger partial charge is 0.481 e. The van der Waals surface area contributed by atoms with E-state index in [1.165, 1.54) is 12.1 Å². The molecule has 0 spiro atoms. The van der Waals surface area contributed by atoms with E-state index in [0.717, 1.165) is 29.4 Å². The van der Waals surface area contributed by atoms with Gasteiger partial charge in [0.1, 0.15) is 17.4 Å². The number of carbonyl (C=O) groups excluding carboxylic acids is 1. The van der Waals surface area contributed by atoms with Crippen LogP contribution in [-0.2, 0) is 4.79 Å². The Hall–Kier alpha value is -3.22. The fraction of sp³-hybridized carbons (Fsp3) is 0.333. The normalized spacial score (nSPS) is 17.6. The zero-order valence-electron chi connectivity index (χ0n) is 17.8. The van der Waals surface area contributed by atoms with Gasteiger partial charge in [-0.05, 0) is 63.4 Å². The number of carbonyl (C=O) groups is 1. The lowest BCUT2D eigenvalue weighted by Gasteiger charge is -2.36. The molecule has 1 fully saturated rings. The highest BCUT2D eigenvalue weighted by atomic mass is 19.1. The van der Waals surface area contributed by atoms with E-state index in [4.69, 9.17) is 4.74 Å². The summed E-state index contributed by atoms with van der Waals surface area (Å²) in [5, 5.41) is 0. The van der Waals surface area contributed by atoms with Crippen LogP contribution in [0.5, 0.6) is 5.75 Å². The van der Waals surface area contributed by atoms with Gasteiger partial charge in [0, 0.05) is 30.1 Å². The molecule has 162 valence electrons. The molecular formula is C24H25F2N3O2. The molecule has 1 saturated heterocycles. The molecule has 1 amide bonds. The highest BCUT2D eigenvalue weighted by Crippen LogP contribution is 2.30. The van der Waals surface area contributed by atoms with Crippen molar-refractivity contribution in [2.75, 3.05) is 6.54 Å². The van der Waals surface area contributed by atoms with E-state index in [0.29, 0.717) is 24.3 Å². The van der Waals surface area contributed by atoms with Gasteiger partial charge in [0.25, 0.3) is 5.91 Å². The maximum atomic E-state index is 14.2. The quantitative estimate of drug-likeness (QED) is 0.584. The molecule has 0 saturated carbocycles. The van der Waals surface area contributed by atoms with Crippen LogP contribution in [0.3, 0.4) is 0 Å². The molecule has 1 aliphatic rings. The second-order valence-electron chi connectivity index (χ2n) is 7.99. The number of benzene rings is 2. The van der Waals surface area contributed by atoms with Gasteiger partial charge in [-0.3, -0.25) is 4.79 Å². The smallest absolute Gasteiger partial charge is 0.264 e. The summed E-state index contributed by atoms with van der Waals surface area (Å²) in [6.45, 7) is 6.17. The number of halogens is 2. The van der Waals surface area contributed by atoms with Crippen LogP contribution in [0.25, 0.3) is 5.69 Å². The van der Waals surface area contributed by atoms with Gasteiger partial charge >= 0.3 is 0 Å². The minimum Gasteiger partial charge on any atom is -0.481 e. The number of imidazole rings is 1. The van der Waals surface area contributed by atoms with Crippen molar-refractivity contribution in [1.29, 1.82) is 0 Å². The van der Waals surface area contributed by atoms with Gasteiger partial charge in [-0.2, -0.15) is 0 Å². The molecular weight excluding hydrogens is 400 g/mol. The fourth-order valence-corrected chi connectivity index (χ4v) is 4.08. The topological polar surface area (TPSA) is 47.4 Å². The average Bonchev–Trinajstić information content (AvgIpc) is 3.15. The average molecular weight is 425 g/mol. The third kappa shape index (κ3) is 4.31. The summed E-state index contributed by atoms with van der Waals surface area (Å²) in [5.41, 5.74) is 3.22. The summed E-state index contributed by atoms with van der Waals surface area (Å²) < 4.78 is 35.5. The second-order valence-corrected chi connectivity index (χ2v) is 7.99. The molecule has 0 radical (unpaired) electrons. The Balaban J connectivity index is 1.50. The van der Waals surface area contributed by atoms with Crippen LogP contribution in [0.4, 0.5) is 8.78 Å². The van der Waals surface area contributed by atoms with Gasteiger partial charge in [0.05, 0.1) is 18.1 Å². The summed E-state index contributed by atoms with van der Waals surface area (Å²) in [5.74, 6) is -0.859. The highest BCUT2D eigenvalue weighted by Gasteiger charge is 2.34. The van der Waals surface area contributed by atoms with E-state index in [1.54, 1.807) is 18.2 Å². The lowest BCUT2D eigenvalue weighted by molar-refractivity contribution is -0.144. The Morgan fingerprint density at radius 1 is 1.16 bits per heavy atom. The molecule has 2 heterocycles. The summed E-state index contributed by atoms with van der Waals surface area (Å²) in [6.07, 6.45) is 4.41. The van der Waals surface area contributed by atoms with Gasteiger partial charge in [-0.25, -0.2) is 13.8 Å². The van der Waals surface area contributed by atoms with Crippen molar-refractivity contribution in [3.63, 3.8) is 0 Å². The molecule has 0 aliphatic carbocycles. The first kappa shape index (κ1) is 21.0. The Labute approximate surface area is 180 Å². The molecule has 2 unspecified atom stereocenters. The van der Waals surface area contributed by atoms with E-state index in [-0.39, 0.29) is 5.91 Å². The van der Waals surface area contributed by atoms with E-state index in [9.17, 15) is 13.6 Å². The fourth-order valence-electron chi connectivity index (χ4n) is 4.08. The van der Waals surface area contributed by atoms with Gasteiger partial charge in [0.15, 0.2) is 6.10 Å². The van der Waals surface area contributed by atoms with Crippen molar-refractivity contribution >= 4 is 5.91 Å². The molecule has 2 aromatic carbocycles. The van der Waals surface area contributed by atoms with E-state index in [2.05, 4.69) is 4.98 Å². The summed E-state index contributed by atoms with van der Waals surface area (Å²) in [6, 6.07) is 8.63. The van der Waals surface area contributed by atoms with Crippen LogP contribution in [0.1, 0.15) is 42.6 Å². The summed E-state index contributed by atoms with van der Waals surface area (Å²) >= 11 is 0. The van der Waals surface area contributed by atoms with Crippen LogP contribution in [0.15, 0.2) is 48.9 Å². The minimum absolute atomic E-state index is 0.186.